The van der Waals surface area contributed by atoms with Crippen molar-refractivity contribution in [3.63, 3.8) is 0 Å². The summed E-state index contributed by atoms with van der Waals surface area (Å²) in [6, 6.07) is 10.0. The first-order valence-corrected chi connectivity index (χ1v) is 5.12. The lowest BCUT2D eigenvalue weighted by Gasteiger charge is -2.03. The van der Waals surface area contributed by atoms with Crippen LogP contribution in [0, 0.1) is 11.3 Å². The van der Waals surface area contributed by atoms with Gasteiger partial charge < -0.3 is 14.3 Å². The molecule has 0 spiro atoms. The number of ether oxygens (including phenoxy) is 1. The summed E-state index contributed by atoms with van der Waals surface area (Å²) in [6.45, 7) is 0.138. The smallest absolute Gasteiger partial charge is 0.338 e. The number of hydrogen-bond donors (Lipinski definition) is 1. The highest BCUT2D eigenvalue weighted by molar-refractivity contribution is 5.87. The van der Waals surface area contributed by atoms with Crippen molar-refractivity contribution in [2.75, 3.05) is 0 Å². The molecule has 90 valence electrons. The number of furan rings is 1. The number of aromatic carboxylic acids is 1. The van der Waals surface area contributed by atoms with E-state index in [1.807, 2.05) is 6.07 Å². The zero-order valence-corrected chi connectivity index (χ0v) is 9.29. The largest absolute Gasteiger partial charge is 0.486 e. The molecule has 0 saturated heterocycles. The van der Waals surface area contributed by atoms with E-state index < -0.39 is 5.97 Å². The van der Waals surface area contributed by atoms with Crippen molar-refractivity contribution in [3.8, 4) is 11.8 Å². The van der Waals surface area contributed by atoms with Gasteiger partial charge in [0.15, 0.2) is 0 Å². The molecule has 0 atom stereocenters. The maximum Gasteiger partial charge on any atom is 0.338 e. The van der Waals surface area contributed by atoms with Crippen LogP contribution >= 0.6 is 0 Å². The number of carbonyl (C=O) groups is 1. The summed E-state index contributed by atoms with van der Waals surface area (Å²) < 4.78 is 10.4. The molecule has 2 rings (SSSR count). The minimum Gasteiger partial charge on any atom is -0.486 e. The van der Waals surface area contributed by atoms with E-state index in [0.717, 1.165) is 0 Å². The number of nitrogens with zero attached hydrogens (tertiary/aromatic N) is 1. The van der Waals surface area contributed by atoms with Crippen LogP contribution in [0.2, 0.25) is 0 Å². The van der Waals surface area contributed by atoms with Crippen molar-refractivity contribution < 1.29 is 19.1 Å². The molecule has 1 aromatic carbocycles. The highest BCUT2D eigenvalue weighted by Crippen LogP contribution is 2.15. The van der Waals surface area contributed by atoms with Gasteiger partial charge in [-0.05, 0) is 30.3 Å². The monoisotopic (exact) mass is 243 g/mol. The van der Waals surface area contributed by atoms with Crippen LogP contribution in [0.25, 0.3) is 0 Å². The molecule has 0 aliphatic rings. The Morgan fingerprint density at radius 1 is 1.39 bits per heavy atom. The second-order valence-electron chi connectivity index (χ2n) is 3.53. The van der Waals surface area contributed by atoms with Crippen LogP contribution in [-0.2, 0) is 6.61 Å². The number of carboxylic acids is 1. The third kappa shape index (κ3) is 2.68. The van der Waals surface area contributed by atoms with Gasteiger partial charge in [-0.1, -0.05) is 0 Å². The summed E-state index contributed by atoms with van der Waals surface area (Å²) in [7, 11) is 0. The highest BCUT2D eigenvalue weighted by atomic mass is 16.5. The van der Waals surface area contributed by atoms with E-state index in [1.54, 1.807) is 24.3 Å². The van der Waals surface area contributed by atoms with Crippen molar-refractivity contribution in [1.29, 1.82) is 5.26 Å². The maximum atomic E-state index is 10.6. The number of benzene rings is 1. The maximum absolute atomic E-state index is 10.6. The summed E-state index contributed by atoms with van der Waals surface area (Å²) in [4.78, 5) is 10.6. The average Bonchev–Trinajstić information content (AvgIpc) is 2.86. The van der Waals surface area contributed by atoms with Gasteiger partial charge in [-0.2, -0.15) is 5.26 Å². The van der Waals surface area contributed by atoms with Crippen molar-refractivity contribution in [2.45, 2.75) is 6.61 Å². The highest BCUT2D eigenvalue weighted by Gasteiger charge is 2.08. The lowest BCUT2D eigenvalue weighted by Crippen LogP contribution is -1.95. The quantitative estimate of drug-likeness (QED) is 0.891. The molecular formula is C13H9NO4. The number of rotatable bonds is 4. The fourth-order valence-corrected chi connectivity index (χ4v) is 1.35. The van der Waals surface area contributed by atoms with Gasteiger partial charge in [-0.25, -0.2) is 4.79 Å². The second-order valence-corrected chi connectivity index (χ2v) is 3.53. The van der Waals surface area contributed by atoms with Gasteiger partial charge >= 0.3 is 5.97 Å². The molecule has 0 fully saturated rings. The summed E-state index contributed by atoms with van der Waals surface area (Å²) in [5.74, 6) is -0.0255. The third-order valence-electron chi connectivity index (χ3n) is 2.27. The molecule has 1 heterocycles. The van der Waals surface area contributed by atoms with Crippen molar-refractivity contribution in [3.05, 3.63) is 53.5 Å². The summed E-state index contributed by atoms with van der Waals surface area (Å²) in [6.07, 6.45) is 1.17. The van der Waals surface area contributed by atoms with E-state index >= 15 is 0 Å². The Kier molecular flexibility index (Phi) is 3.30. The zero-order chi connectivity index (χ0) is 13.0. The van der Waals surface area contributed by atoms with Crippen molar-refractivity contribution in [2.24, 2.45) is 0 Å². The summed E-state index contributed by atoms with van der Waals surface area (Å²) >= 11 is 0. The SMILES string of the molecule is N#Cc1ccc(OCc2cc(C(=O)O)co2)cc1. The van der Waals surface area contributed by atoms with E-state index in [1.165, 1.54) is 12.3 Å². The molecular weight excluding hydrogens is 234 g/mol. The van der Waals surface area contributed by atoms with Gasteiger partial charge in [0.1, 0.15) is 24.4 Å². The Morgan fingerprint density at radius 2 is 2.11 bits per heavy atom. The van der Waals surface area contributed by atoms with Gasteiger partial charge in [0.2, 0.25) is 0 Å². The van der Waals surface area contributed by atoms with Gasteiger partial charge in [0, 0.05) is 0 Å². The third-order valence-corrected chi connectivity index (χ3v) is 2.27. The van der Waals surface area contributed by atoms with Crippen molar-refractivity contribution in [1.82, 2.24) is 0 Å². The van der Waals surface area contributed by atoms with Crippen LogP contribution in [0.5, 0.6) is 5.75 Å². The van der Waals surface area contributed by atoms with E-state index in [9.17, 15) is 4.79 Å². The summed E-state index contributed by atoms with van der Waals surface area (Å²) in [5, 5.41) is 17.3. The molecule has 0 saturated carbocycles. The molecule has 1 aromatic heterocycles. The number of nitriles is 1. The molecule has 5 nitrogen and oxygen atoms in total. The molecule has 5 heteroatoms. The molecule has 0 aliphatic carbocycles. The van der Waals surface area contributed by atoms with Crippen LogP contribution in [0.4, 0.5) is 0 Å². The normalized spacial score (nSPS) is 9.72. The molecule has 2 aromatic rings. The first-order valence-electron chi connectivity index (χ1n) is 5.12. The Hall–Kier alpha value is -2.74. The first kappa shape index (κ1) is 11.7. The lowest BCUT2D eigenvalue weighted by atomic mass is 10.2. The first-order chi connectivity index (χ1) is 8.69. The Labute approximate surface area is 103 Å². The molecule has 1 N–H and O–H groups in total. The standard InChI is InChI=1S/C13H9NO4/c14-6-9-1-3-11(4-2-9)18-8-12-5-10(7-17-12)13(15)16/h1-5,7H,8H2,(H,15,16). The minimum absolute atomic E-state index is 0.0911. The van der Waals surface area contributed by atoms with Crippen molar-refractivity contribution >= 4 is 5.97 Å². The van der Waals surface area contributed by atoms with Crippen LogP contribution in [-0.4, -0.2) is 11.1 Å². The minimum atomic E-state index is -1.04. The molecule has 0 radical (unpaired) electrons. The van der Waals surface area contributed by atoms with Crippen LogP contribution in [0.1, 0.15) is 21.7 Å². The van der Waals surface area contributed by atoms with Crippen LogP contribution < -0.4 is 4.74 Å². The van der Waals surface area contributed by atoms with E-state index in [4.69, 9.17) is 19.5 Å². The average molecular weight is 243 g/mol. The number of hydrogen-bond acceptors (Lipinski definition) is 4. The van der Waals surface area contributed by atoms with Crippen LogP contribution in [0.15, 0.2) is 41.0 Å². The van der Waals surface area contributed by atoms with Gasteiger partial charge in [-0.15, -0.1) is 0 Å². The summed E-state index contributed by atoms with van der Waals surface area (Å²) in [5.41, 5.74) is 0.641. The Bertz CT molecular complexity index is 592. The molecule has 0 amide bonds. The molecule has 0 bridgehead atoms. The van der Waals surface area contributed by atoms with Gasteiger partial charge in [0.05, 0.1) is 17.2 Å². The molecule has 18 heavy (non-hydrogen) atoms. The van der Waals surface area contributed by atoms with Crippen LogP contribution in [0.3, 0.4) is 0 Å². The fraction of sp³-hybridized carbons (Fsp3) is 0.0769. The predicted octanol–water partition coefficient (Wildman–Crippen LogP) is 2.43. The Balaban J connectivity index is 1.98. The van der Waals surface area contributed by atoms with E-state index in [0.29, 0.717) is 17.1 Å². The number of carboxylic acid groups (broad SMARTS) is 1. The lowest BCUT2D eigenvalue weighted by molar-refractivity contribution is 0.0696. The van der Waals surface area contributed by atoms with Gasteiger partial charge in [0.25, 0.3) is 0 Å². The van der Waals surface area contributed by atoms with E-state index in [2.05, 4.69) is 0 Å². The van der Waals surface area contributed by atoms with Gasteiger partial charge in [-0.3, -0.25) is 0 Å². The Morgan fingerprint density at radius 3 is 2.67 bits per heavy atom. The predicted molar refractivity (Wildman–Crippen MR) is 61.2 cm³/mol. The molecule has 0 aliphatic heterocycles. The van der Waals surface area contributed by atoms with E-state index in [-0.39, 0.29) is 12.2 Å². The molecule has 0 unspecified atom stereocenters. The topological polar surface area (TPSA) is 83.5 Å². The fourth-order valence-electron chi connectivity index (χ4n) is 1.35. The zero-order valence-electron chi connectivity index (χ0n) is 9.29. The second kappa shape index (κ2) is 5.06.